The van der Waals surface area contributed by atoms with E-state index in [1.54, 1.807) is 0 Å². The maximum absolute atomic E-state index is 7.04. The van der Waals surface area contributed by atoms with E-state index in [0.29, 0.717) is 0 Å². The average molecular weight is 582 g/mol. The zero-order chi connectivity index (χ0) is 30.1. The van der Waals surface area contributed by atoms with Crippen LogP contribution in [0.5, 0.6) is 0 Å². The molecule has 0 spiro atoms. The number of allylic oxidation sites excluding steroid dienone is 2. The van der Waals surface area contributed by atoms with Crippen LogP contribution in [-0.2, 0) is 16.0 Å². The lowest BCUT2D eigenvalue weighted by atomic mass is 10.0. The van der Waals surface area contributed by atoms with Crippen molar-refractivity contribution in [3.63, 3.8) is 0 Å². The first kappa shape index (κ1) is 36.8. The average Bonchev–Trinajstić information content (AvgIpc) is 3.37. The highest BCUT2D eigenvalue weighted by atomic mass is 16.6. The number of unbranched alkanes of at least 4 members (excludes halogenated alkanes) is 10. The van der Waals surface area contributed by atoms with Gasteiger partial charge in [-0.2, -0.15) is 0 Å². The van der Waals surface area contributed by atoms with Gasteiger partial charge in [0.1, 0.15) is 0 Å². The van der Waals surface area contributed by atoms with Crippen LogP contribution < -0.4 is 0 Å². The number of likely N-dealkylation sites (tertiary alicyclic amines) is 1. The van der Waals surface area contributed by atoms with Crippen molar-refractivity contribution in [1.82, 2.24) is 4.90 Å². The number of ether oxygens (including phenoxy) is 2. The first-order chi connectivity index (χ1) is 20.7. The predicted octanol–water partition coefficient (Wildman–Crippen LogP) is 11.2. The summed E-state index contributed by atoms with van der Waals surface area (Å²) in [5, 5.41) is 0. The van der Waals surface area contributed by atoms with Gasteiger partial charge >= 0.3 is 0 Å². The maximum atomic E-state index is 7.04. The van der Waals surface area contributed by atoms with Gasteiger partial charge in [-0.1, -0.05) is 159 Å². The zero-order valence-corrected chi connectivity index (χ0v) is 28.1. The molecule has 1 aliphatic rings. The molecule has 0 aliphatic carbocycles. The lowest BCUT2D eigenvalue weighted by molar-refractivity contribution is -0.104. The third kappa shape index (κ3) is 17.0. The molecule has 3 nitrogen and oxygen atoms in total. The van der Waals surface area contributed by atoms with Crippen LogP contribution in [0.25, 0.3) is 0 Å². The molecular weight excluding hydrogens is 514 g/mol. The lowest BCUT2D eigenvalue weighted by Crippen LogP contribution is -2.36. The highest BCUT2D eigenvalue weighted by molar-refractivity contribution is 5.15. The van der Waals surface area contributed by atoms with E-state index in [0.717, 1.165) is 45.3 Å². The first-order valence-electron chi connectivity index (χ1n) is 18.1. The highest BCUT2D eigenvalue weighted by Crippen LogP contribution is 2.26. The fourth-order valence-electron chi connectivity index (χ4n) is 6.00. The minimum atomic E-state index is 0.135. The minimum absolute atomic E-state index is 0.135. The van der Waals surface area contributed by atoms with Gasteiger partial charge in [0.25, 0.3) is 0 Å². The molecule has 0 radical (unpaired) electrons. The van der Waals surface area contributed by atoms with E-state index in [1.807, 2.05) is 0 Å². The van der Waals surface area contributed by atoms with Crippen molar-refractivity contribution in [2.45, 2.75) is 174 Å². The smallest absolute Gasteiger partial charge is 0.0979 e. The SMILES string of the molecule is CCCCC=CCC(CCCCCC)O[C@@H]1CN(Cc2ccccc2)C[C@H]1OC(CC=CCCCC)CCCCCC. The van der Waals surface area contributed by atoms with E-state index in [2.05, 4.69) is 87.2 Å². The van der Waals surface area contributed by atoms with E-state index in [1.165, 1.54) is 95.5 Å². The summed E-state index contributed by atoms with van der Waals surface area (Å²) >= 11 is 0. The molecule has 42 heavy (non-hydrogen) atoms. The molecule has 2 unspecified atom stereocenters. The Bertz CT molecular complexity index is 745. The van der Waals surface area contributed by atoms with Gasteiger partial charge in [-0.25, -0.2) is 0 Å². The predicted molar refractivity (Wildman–Crippen MR) is 183 cm³/mol. The molecule has 0 saturated carbocycles. The van der Waals surface area contributed by atoms with Crippen molar-refractivity contribution in [1.29, 1.82) is 0 Å². The summed E-state index contributed by atoms with van der Waals surface area (Å²) in [7, 11) is 0. The van der Waals surface area contributed by atoms with Crippen LogP contribution in [0.15, 0.2) is 54.6 Å². The summed E-state index contributed by atoms with van der Waals surface area (Å²) in [5.74, 6) is 0. The summed E-state index contributed by atoms with van der Waals surface area (Å²) in [4.78, 5) is 2.57. The maximum Gasteiger partial charge on any atom is 0.0979 e. The molecule has 1 aliphatic heterocycles. The summed E-state index contributed by atoms with van der Waals surface area (Å²) in [6.45, 7) is 12.0. The summed E-state index contributed by atoms with van der Waals surface area (Å²) in [5.41, 5.74) is 1.38. The Labute approximate surface area is 261 Å². The van der Waals surface area contributed by atoms with Crippen LogP contribution in [-0.4, -0.2) is 42.4 Å². The number of rotatable bonds is 26. The van der Waals surface area contributed by atoms with Gasteiger partial charge in [-0.15, -0.1) is 0 Å². The van der Waals surface area contributed by atoms with Gasteiger partial charge < -0.3 is 9.47 Å². The molecule has 0 bridgehead atoms. The molecule has 0 aromatic heterocycles. The second-order valence-corrected chi connectivity index (χ2v) is 12.7. The largest absolute Gasteiger partial charge is 0.371 e. The highest BCUT2D eigenvalue weighted by Gasteiger charge is 2.37. The monoisotopic (exact) mass is 582 g/mol. The van der Waals surface area contributed by atoms with Gasteiger partial charge in [0.05, 0.1) is 24.4 Å². The quantitative estimate of drug-likeness (QED) is 0.0802. The standard InChI is InChI=1S/C39H67NO2/c1-5-9-13-17-24-30-36(28-22-15-11-7-3)41-38-33-40(32-35-26-20-19-21-27-35)34-39(38)42-37(29-23-16-12-8-4)31-25-18-14-10-6-2/h17-21,24-27,36-39H,5-16,22-23,28-34H2,1-4H3/t36?,37?,38-,39-/m1/s1. The molecule has 1 heterocycles. The summed E-state index contributed by atoms with van der Waals surface area (Å²) < 4.78 is 14.1. The summed E-state index contributed by atoms with van der Waals surface area (Å²) in [6.07, 6.45) is 32.5. The molecule has 1 aromatic rings. The first-order valence-corrected chi connectivity index (χ1v) is 18.1. The van der Waals surface area contributed by atoms with Gasteiger partial charge in [-0.05, 0) is 44.1 Å². The van der Waals surface area contributed by atoms with Crippen LogP contribution in [0.4, 0.5) is 0 Å². The molecule has 2 rings (SSSR count). The van der Waals surface area contributed by atoms with E-state index in [4.69, 9.17) is 9.47 Å². The normalized spacial score (nSPS) is 19.3. The fourth-order valence-corrected chi connectivity index (χ4v) is 6.00. The minimum Gasteiger partial charge on any atom is -0.371 e. The molecule has 4 atom stereocenters. The Morgan fingerprint density at radius 2 is 1.10 bits per heavy atom. The Morgan fingerprint density at radius 3 is 1.55 bits per heavy atom. The molecule has 240 valence electrons. The van der Waals surface area contributed by atoms with Crippen molar-refractivity contribution >= 4 is 0 Å². The van der Waals surface area contributed by atoms with Crippen LogP contribution in [0.2, 0.25) is 0 Å². The molecule has 1 saturated heterocycles. The van der Waals surface area contributed by atoms with E-state index < -0.39 is 0 Å². The van der Waals surface area contributed by atoms with Crippen LogP contribution in [0, 0.1) is 0 Å². The van der Waals surface area contributed by atoms with Crippen LogP contribution >= 0.6 is 0 Å². The van der Waals surface area contributed by atoms with E-state index >= 15 is 0 Å². The molecular formula is C39H67NO2. The van der Waals surface area contributed by atoms with Crippen molar-refractivity contribution in [3.05, 3.63) is 60.2 Å². The van der Waals surface area contributed by atoms with Gasteiger partial charge in [-0.3, -0.25) is 4.90 Å². The molecule has 3 heteroatoms. The zero-order valence-electron chi connectivity index (χ0n) is 28.1. The van der Waals surface area contributed by atoms with Crippen molar-refractivity contribution < 1.29 is 9.47 Å². The number of nitrogens with zero attached hydrogens (tertiary/aromatic N) is 1. The second-order valence-electron chi connectivity index (χ2n) is 12.7. The molecule has 1 fully saturated rings. The number of benzene rings is 1. The van der Waals surface area contributed by atoms with Crippen molar-refractivity contribution in [2.24, 2.45) is 0 Å². The van der Waals surface area contributed by atoms with Gasteiger partial charge in [0.2, 0.25) is 0 Å². The van der Waals surface area contributed by atoms with Crippen molar-refractivity contribution in [2.75, 3.05) is 13.1 Å². The Kier molecular flexibility index (Phi) is 21.9. The molecule has 0 N–H and O–H groups in total. The molecule has 1 aromatic carbocycles. The Hall–Kier alpha value is -1.42. The fraction of sp³-hybridized carbons (Fsp3) is 0.744. The number of hydrogen-bond donors (Lipinski definition) is 0. The Morgan fingerprint density at radius 1 is 0.619 bits per heavy atom. The van der Waals surface area contributed by atoms with Crippen LogP contribution in [0.1, 0.15) is 149 Å². The van der Waals surface area contributed by atoms with Crippen LogP contribution in [0.3, 0.4) is 0 Å². The lowest BCUT2D eigenvalue weighted by Gasteiger charge is -2.28. The number of hydrogen-bond acceptors (Lipinski definition) is 3. The topological polar surface area (TPSA) is 21.7 Å². The Balaban J connectivity index is 2.13. The van der Waals surface area contributed by atoms with Gasteiger partial charge in [0, 0.05) is 19.6 Å². The third-order valence-corrected chi connectivity index (χ3v) is 8.61. The molecule has 0 amide bonds. The third-order valence-electron chi connectivity index (χ3n) is 8.61. The van der Waals surface area contributed by atoms with Crippen molar-refractivity contribution in [3.8, 4) is 0 Å². The second kappa shape index (κ2) is 25.0. The van der Waals surface area contributed by atoms with E-state index in [9.17, 15) is 0 Å². The summed E-state index contributed by atoms with van der Waals surface area (Å²) in [6, 6.07) is 10.9. The van der Waals surface area contributed by atoms with E-state index in [-0.39, 0.29) is 24.4 Å². The van der Waals surface area contributed by atoms with Gasteiger partial charge in [0.15, 0.2) is 0 Å².